The van der Waals surface area contributed by atoms with Gasteiger partial charge in [-0.05, 0) is 33.3 Å². The minimum atomic E-state index is -1.34. The summed E-state index contributed by atoms with van der Waals surface area (Å²) in [6.45, 7) is 24.7. The summed E-state index contributed by atoms with van der Waals surface area (Å²) in [7, 11) is 0. The molecular formula is C28H40O4. The summed E-state index contributed by atoms with van der Waals surface area (Å²) in [5.41, 5.74) is 1.32. The molecule has 0 radical (unpaired) electrons. The fourth-order valence-electron chi connectivity index (χ4n) is 4.65. The molecule has 3 rings (SSSR count). The Kier molecular flexibility index (Phi) is 5.33. The molecule has 0 amide bonds. The van der Waals surface area contributed by atoms with E-state index >= 15 is 0 Å². The van der Waals surface area contributed by atoms with Crippen LogP contribution in [0.5, 0.6) is 11.5 Å². The number of allylic oxidation sites excluding steroid dienone is 1. The van der Waals surface area contributed by atoms with Gasteiger partial charge in [-0.15, -0.1) is 0 Å². The highest BCUT2D eigenvalue weighted by Gasteiger charge is 2.61. The molecule has 2 aliphatic rings. The monoisotopic (exact) mass is 440 g/mol. The maximum Gasteiger partial charge on any atom is 0.282 e. The van der Waals surface area contributed by atoms with Gasteiger partial charge in [0.1, 0.15) is 5.92 Å². The minimum absolute atomic E-state index is 0.0810. The molecular weight excluding hydrogens is 400 g/mol. The van der Waals surface area contributed by atoms with Crippen molar-refractivity contribution in [1.82, 2.24) is 0 Å². The van der Waals surface area contributed by atoms with E-state index in [-0.39, 0.29) is 10.8 Å². The Morgan fingerprint density at radius 3 is 1.75 bits per heavy atom. The van der Waals surface area contributed by atoms with Crippen LogP contribution < -0.4 is 9.47 Å². The first-order valence-electron chi connectivity index (χ1n) is 11.6. The van der Waals surface area contributed by atoms with Crippen LogP contribution in [0.25, 0.3) is 0 Å². The lowest BCUT2D eigenvalue weighted by Gasteiger charge is -2.43. The van der Waals surface area contributed by atoms with Crippen LogP contribution in [0, 0.1) is 16.7 Å². The first-order valence-corrected chi connectivity index (χ1v) is 11.6. The molecule has 0 saturated carbocycles. The molecule has 0 bridgehead atoms. The molecule has 4 nitrogen and oxygen atoms in total. The van der Waals surface area contributed by atoms with E-state index in [1.54, 1.807) is 6.08 Å². The number of carbonyl (C=O) groups excluding carboxylic acids is 2. The van der Waals surface area contributed by atoms with Gasteiger partial charge in [0.25, 0.3) is 5.79 Å². The Labute approximate surface area is 193 Å². The largest absolute Gasteiger partial charge is 0.444 e. The molecule has 176 valence electrons. The first kappa shape index (κ1) is 24.5. The SMILES string of the molecule is CC(C)(C)C1=C[C@]2(Oc3cc(C(C)(C)C)cc(C(C)(C)C)c3O2)[C@H](C(C)(C)C)C(=O)C1=O. The zero-order valence-corrected chi connectivity index (χ0v) is 21.9. The second kappa shape index (κ2) is 6.95. The van der Waals surface area contributed by atoms with Gasteiger partial charge < -0.3 is 9.47 Å². The Morgan fingerprint density at radius 1 is 0.750 bits per heavy atom. The Balaban J connectivity index is 2.32. The summed E-state index contributed by atoms with van der Waals surface area (Å²) in [5, 5.41) is 0. The van der Waals surface area contributed by atoms with Crippen LogP contribution in [-0.4, -0.2) is 17.4 Å². The van der Waals surface area contributed by atoms with Gasteiger partial charge >= 0.3 is 0 Å². The Bertz CT molecular complexity index is 1000. The van der Waals surface area contributed by atoms with Crippen LogP contribution in [0.4, 0.5) is 0 Å². The topological polar surface area (TPSA) is 52.6 Å². The second-order valence-electron chi connectivity index (χ2n) is 13.6. The predicted molar refractivity (Wildman–Crippen MR) is 128 cm³/mol. The molecule has 2 atom stereocenters. The van der Waals surface area contributed by atoms with E-state index < -0.39 is 34.1 Å². The van der Waals surface area contributed by atoms with Crippen molar-refractivity contribution in [1.29, 1.82) is 0 Å². The molecule has 1 aromatic rings. The van der Waals surface area contributed by atoms with Crippen molar-refractivity contribution >= 4 is 11.6 Å². The molecule has 1 aliphatic heterocycles. The first-order chi connectivity index (χ1) is 14.2. The van der Waals surface area contributed by atoms with E-state index in [0.29, 0.717) is 17.1 Å². The van der Waals surface area contributed by atoms with Gasteiger partial charge in [0.2, 0.25) is 11.6 Å². The lowest BCUT2D eigenvalue weighted by Crippen LogP contribution is -2.59. The number of ether oxygens (including phenoxy) is 2. The number of hydrogen-bond acceptors (Lipinski definition) is 4. The van der Waals surface area contributed by atoms with Gasteiger partial charge in [-0.1, -0.05) is 89.2 Å². The van der Waals surface area contributed by atoms with Crippen LogP contribution in [0.2, 0.25) is 0 Å². The van der Waals surface area contributed by atoms with Crippen molar-refractivity contribution in [3.63, 3.8) is 0 Å². The van der Waals surface area contributed by atoms with Gasteiger partial charge in [0, 0.05) is 17.2 Å². The maximum absolute atomic E-state index is 13.5. The third-order valence-electron chi connectivity index (χ3n) is 6.41. The average molecular weight is 441 g/mol. The molecule has 32 heavy (non-hydrogen) atoms. The number of Topliss-reactive ketones (excluding diaryl/α,β-unsaturated/α-hetero) is 2. The summed E-state index contributed by atoms with van der Waals surface area (Å²) < 4.78 is 13.3. The molecule has 1 heterocycles. The summed E-state index contributed by atoms with van der Waals surface area (Å²) in [6.07, 6.45) is 1.79. The zero-order valence-electron chi connectivity index (χ0n) is 21.9. The summed E-state index contributed by atoms with van der Waals surface area (Å²) in [6, 6.07) is 4.22. The van der Waals surface area contributed by atoms with Crippen molar-refractivity contribution in [2.24, 2.45) is 16.7 Å². The smallest absolute Gasteiger partial charge is 0.282 e. The van der Waals surface area contributed by atoms with Gasteiger partial charge in [0.05, 0.1) is 0 Å². The highest BCUT2D eigenvalue weighted by molar-refractivity contribution is 6.45. The molecule has 4 heteroatoms. The highest BCUT2D eigenvalue weighted by Crippen LogP contribution is 2.55. The summed E-state index contributed by atoms with van der Waals surface area (Å²) in [5.74, 6) is -1.66. The molecule has 0 fully saturated rings. The van der Waals surface area contributed by atoms with Crippen LogP contribution in [0.15, 0.2) is 23.8 Å². The van der Waals surface area contributed by atoms with Crippen molar-refractivity contribution in [3.05, 3.63) is 34.9 Å². The van der Waals surface area contributed by atoms with E-state index in [0.717, 1.165) is 11.1 Å². The molecule has 0 unspecified atom stereocenters. The standard InChI is InChI=1S/C28H40O4/c1-24(2,3)16-13-17(25(4,5)6)22-19(14-16)31-28(32-22)15-18(26(7,8)9)20(29)21(30)23(28)27(10,11)12/h13-15,23H,1-12H3/t23-,28+/m0/s1. The van der Waals surface area contributed by atoms with Crippen LogP contribution in [-0.2, 0) is 20.4 Å². The minimum Gasteiger partial charge on any atom is -0.444 e. The quantitative estimate of drug-likeness (QED) is 0.430. The number of rotatable bonds is 0. The summed E-state index contributed by atoms with van der Waals surface area (Å²) in [4.78, 5) is 26.6. The Morgan fingerprint density at radius 2 is 1.31 bits per heavy atom. The van der Waals surface area contributed by atoms with E-state index in [4.69, 9.17) is 9.47 Å². The van der Waals surface area contributed by atoms with Crippen molar-refractivity contribution in [2.45, 2.75) is 99.7 Å². The highest BCUT2D eigenvalue weighted by atomic mass is 16.7. The van der Waals surface area contributed by atoms with Crippen LogP contribution in [0.3, 0.4) is 0 Å². The number of ketones is 2. The lowest BCUT2D eigenvalue weighted by atomic mass is 9.65. The van der Waals surface area contributed by atoms with Gasteiger partial charge in [0.15, 0.2) is 11.5 Å². The lowest BCUT2D eigenvalue weighted by molar-refractivity contribution is -0.162. The molecule has 0 saturated heterocycles. The van der Waals surface area contributed by atoms with Crippen LogP contribution >= 0.6 is 0 Å². The number of carbonyl (C=O) groups is 2. The van der Waals surface area contributed by atoms with Crippen molar-refractivity contribution in [3.8, 4) is 11.5 Å². The fourth-order valence-corrected chi connectivity index (χ4v) is 4.65. The van der Waals surface area contributed by atoms with Gasteiger partial charge in [-0.25, -0.2) is 0 Å². The normalized spacial score (nSPS) is 24.2. The van der Waals surface area contributed by atoms with Crippen LogP contribution in [0.1, 0.15) is 94.2 Å². The Hall–Kier alpha value is -2.10. The van der Waals surface area contributed by atoms with Crippen molar-refractivity contribution < 1.29 is 19.1 Å². The number of benzene rings is 1. The molecule has 0 N–H and O–H groups in total. The third kappa shape index (κ3) is 4.02. The predicted octanol–water partition coefficient (Wildman–Crippen LogP) is 6.54. The van der Waals surface area contributed by atoms with Gasteiger partial charge in [-0.2, -0.15) is 0 Å². The van der Waals surface area contributed by atoms with E-state index in [1.807, 2.05) is 47.6 Å². The average Bonchev–Trinajstić information content (AvgIpc) is 2.91. The fraction of sp³-hybridized carbons (Fsp3) is 0.643. The van der Waals surface area contributed by atoms with Crippen molar-refractivity contribution in [2.75, 3.05) is 0 Å². The summed E-state index contributed by atoms with van der Waals surface area (Å²) >= 11 is 0. The van der Waals surface area contributed by atoms with E-state index in [1.165, 1.54) is 0 Å². The molecule has 1 aromatic carbocycles. The maximum atomic E-state index is 13.5. The molecule has 0 aromatic heterocycles. The number of hydrogen-bond donors (Lipinski definition) is 0. The number of fused-ring (bicyclic) bond motifs is 1. The molecule has 1 aliphatic carbocycles. The van der Waals surface area contributed by atoms with E-state index in [2.05, 4.69) is 47.6 Å². The van der Waals surface area contributed by atoms with E-state index in [9.17, 15) is 9.59 Å². The zero-order chi connectivity index (χ0) is 24.7. The second-order valence-corrected chi connectivity index (χ2v) is 13.6. The molecule has 1 spiro atoms. The third-order valence-corrected chi connectivity index (χ3v) is 6.41. The van der Waals surface area contributed by atoms with Gasteiger partial charge in [-0.3, -0.25) is 9.59 Å².